The van der Waals surface area contributed by atoms with E-state index in [-0.39, 0.29) is 0 Å². The van der Waals surface area contributed by atoms with Gasteiger partial charge in [0.15, 0.2) is 0 Å². The van der Waals surface area contributed by atoms with Crippen molar-refractivity contribution in [3.63, 3.8) is 0 Å². The summed E-state index contributed by atoms with van der Waals surface area (Å²) in [6.45, 7) is 4.22. The van der Waals surface area contributed by atoms with Gasteiger partial charge in [-0.2, -0.15) is 0 Å². The van der Waals surface area contributed by atoms with Gasteiger partial charge in [0.25, 0.3) is 0 Å². The van der Waals surface area contributed by atoms with E-state index in [0.717, 1.165) is 6.42 Å². The van der Waals surface area contributed by atoms with Crippen molar-refractivity contribution in [2.24, 2.45) is 0 Å². The number of benzene rings is 1. The molecule has 0 spiro atoms. The molecular weight excluding hydrogens is 343 g/mol. The summed E-state index contributed by atoms with van der Waals surface area (Å²) in [7, 11) is 0. The normalized spacial score (nSPS) is 12.3. The van der Waals surface area contributed by atoms with Crippen LogP contribution in [-0.2, 0) is 4.43 Å². The van der Waals surface area contributed by atoms with Crippen LogP contribution in [-0.4, -0.2) is 4.43 Å². The van der Waals surface area contributed by atoms with E-state index in [1.165, 1.54) is 26.4 Å². The fraction of sp³-hybridized carbons (Fsp3) is 0.333. The number of halogens is 1. The van der Waals surface area contributed by atoms with Crippen molar-refractivity contribution >= 4 is 6.08 Å². The second-order valence-corrected chi connectivity index (χ2v) is 7.23. The van der Waals surface area contributed by atoms with Crippen molar-refractivity contribution in [2.45, 2.75) is 31.1 Å². The molecule has 104 valence electrons. The summed E-state index contributed by atoms with van der Waals surface area (Å²) < 4.78 is 2.68. The summed E-state index contributed by atoms with van der Waals surface area (Å²) >= 11 is 0.309. The molecule has 1 aromatic carbocycles. The maximum absolute atomic E-state index is 2.28. The van der Waals surface area contributed by atoms with E-state index < -0.39 is 0 Å². The minimum atomic E-state index is 0.309. The van der Waals surface area contributed by atoms with Gasteiger partial charge in [-0.15, -0.1) is 0 Å². The maximum atomic E-state index is 2.28. The first-order chi connectivity index (χ1) is 9.36. The summed E-state index contributed by atoms with van der Waals surface area (Å²) in [6, 6.07) is 9.03. The van der Waals surface area contributed by atoms with E-state index in [4.69, 9.17) is 0 Å². The van der Waals surface area contributed by atoms with E-state index in [1.54, 1.807) is 0 Å². The molecule has 1 heteroatoms. The molecule has 0 N–H and O–H groups in total. The number of hydrogen-bond acceptors (Lipinski definition) is 0. The van der Waals surface area contributed by atoms with Crippen molar-refractivity contribution in [1.29, 1.82) is 0 Å². The second kappa shape index (κ2) is 11.0. The van der Waals surface area contributed by atoms with Gasteiger partial charge < -0.3 is 0 Å². The van der Waals surface area contributed by atoms with Gasteiger partial charge in [-0.25, -0.2) is 0 Å². The Kier molecular flexibility index (Phi) is 9.42. The van der Waals surface area contributed by atoms with E-state index in [1.807, 2.05) is 0 Å². The molecule has 0 aliphatic rings. The molecular formula is C18H24I-. The van der Waals surface area contributed by atoms with Crippen LogP contribution >= 0.6 is 0 Å². The molecule has 0 aliphatic carbocycles. The molecule has 19 heavy (non-hydrogen) atoms. The Morgan fingerprint density at radius 2 is 1.84 bits per heavy atom. The molecule has 0 fully saturated rings. The van der Waals surface area contributed by atoms with Crippen molar-refractivity contribution in [3.8, 4) is 0 Å². The fourth-order valence-electron chi connectivity index (χ4n) is 1.57. The quantitative estimate of drug-likeness (QED) is 0.286. The van der Waals surface area contributed by atoms with Gasteiger partial charge in [0, 0.05) is 0 Å². The minimum absolute atomic E-state index is 0.309. The van der Waals surface area contributed by atoms with Gasteiger partial charge in [0.2, 0.25) is 0 Å². The average Bonchev–Trinajstić information content (AvgIpc) is 2.45. The molecule has 0 bridgehead atoms. The van der Waals surface area contributed by atoms with Crippen LogP contribution in [0.4, 0.5) is 0 Å². The number of rotatable bonds is 8. The predicted molar refractivity (Wildman–Crippen MR) is 82.9 cm³/mol. The van der Waals surface area contributed by atoms with Crippen LogP contribution in [0.2, 0.25) is 0 Å². The Balaban J connectivity index is 2.24. The Morgan fingerprint density at radius 3 is 2.53 bits per heavy atom. The van der Waals surface area contributed by atoms with Crippen molar-refractivity contribution in [2.75, 3.05) is 4.43 Å². The molecule has 0 saturated carbocycles. The molecule has 0 amide bonds. The van der Waals surface area contributed by atoms with Gasteiger partial charge in [0.1, 0.15) is 0 Å². The monoisotopic (exact) mass is 367 g/mol. The molecule has 1 rings (SSSR count). The Morgan fingerprint density at radius 1 is 1.05 bits per heavy atom. The zero-order chi connectivity index (χ0) is 13.8. The fourth-order valence-corrected chi connectivity index (χ4v) is 3.89. The summed E-state index contributed by atoms with van der Waals surface area (Å²) in [5.41, 5.74) is 2.82. The van der Waals surface area contributed by atoms with Crippen LogP contribution in [0.5, 0.6) is 0 Å². The standard InChI is InChI=1S/C18H24I/c1-3-5-7-8-9-15-19-16-18-13-11-17(12-14-18)10-6-4-2/h3,5-8,10-14H,4,9,15-16H2,1-2H3/q-1/b5-3+,8-7+,10-6+. The molecule has 0 atom stereocenters. The molecule has 0 heterocycles. The Bertz CT molecular complexity index is 410. The third-order valence-corrected chi connectivity index (χ3v) is 5.43. The third kappa shape index (κ3) is 8.04. The molecule has 0 radical (unpaired) electrons. The zero-order valence-corrected chi connectivity index (χ0v) is 14.1. The van der Waals surface area contributed by atoms with Gasteiger partial charge in [-0.05, 0) is 0 Å². The summed E-state index contributed by atoms with van der Waals surface area (Å²) in [5, 5.41) is 0. The van der Waals surface area contributed by atoms with Gasteiger partial charge in [-0.3, -0.25) is 0 Å². The number of hydrogen-bond donors (Lipinski definition) is 0. The van der Waals surface area contributed by atoms with Gasteiger partial charge >= 0.3 is 129 Å². The SMILES string of the molecule is C/C=C/C=C/CC[I-]Cc1ccc(/C=C/CC)cc1. The van der Waals surface area contributed by atoms with Crippen LogP contribution in [0, 0.1) is 0 Å². The first-order valence-electron chi connectivity index (χ1n) is 6.93. The molecule has 1 aromatic rings. The summed E-state index contributed by atoms with van der Waals surface area (Å²) in [6.07, 6.45) is 15.3. The first-order valence-corrected chi connectivity index (χ1v) is 9.98. The average molecular weight is 367 g/mol. The van der Waals surface area contributed by atoms with E-state index in [9.17, 15) is 0 Å². The van der Waals surface area contributed by atoms with Crippen LogP contribution in [0.15, 0.2) is 54.6 Å². The topological polar surface area (TPSA) is 0 Å². The molecule has 0 aromatic heterocycles. The van der Waals surface area contributed by atoms with E-state index in [0.29, 0.717) is 21.2 Å². The molecule has 0 aliphatic heterocycles. The Labute approximate surface area is 128 Å². The number of allylic oxidation sites excluding steroid dienone is 5. The van der Waals surface area contributed by atoms with Crippen molar-refractivity contribution in [3.05, 3.63) is 65.8 Å². The summed E-state index contributed by atoms with van der Waals surface area (Å²) in [4.78, 5) is 0. The van der Waals surface area contributed by atoms with Crippen LogP contribution < -0.4 is 21.2 Å². The van der Waals surface area contributed by atoms with Crippen molar-refractivity contribution < 1.29 is 21.2 Å². The number of alkyl halides is 2. The van der Waals surface area contributed by atoms with Crippen LogP contribution in [0.1, 0.15) is 37.8 Å². The molecule has 0 unspecified atom stereocenters. The predicted octanol–water partition coefficient (Wildman–Crippen LogP) is 2.22. The van der Waals surface area contributed by atoms with Gasteiger partial charge in [0.05, 0.1) is 0 Å². The Hall–Kier alpha value is -0.830. The third-order valence-electron chi connectivity index (χ3n) is 2.62. The van der Waals surface area contributed by atoms with Crippen LogP contribution in [0.25, 0.3) is 6.08 Å². The second-order valence-electron chi connectivity index (χ2n) is 4.31. The van der Waals surface area contributed by atoms with Crippen molar-refractivity contribution in [1.82, 2.24) is 0 Å². The molecule has 0 nitrogen and oxygen atoms in total. The molecule has 0 saturated heterocycles. The van der Waals surface area contributed by atoms with E-state index in [2.05, 4.69) is 74.6 Å². The van der Waals surface area contributed by atoms with E-state index >= 15 is 0 Å². The first kappa shape index (κ1) is 16.2. The van der Waals surface area contributed by atoms with Crippen LogP contribution in [0.3, 0.4) is 0 Å². The summed E-state index contributed by atoms with van der Waals surface area (Å²) in [5.74, 6) is 0. The zero-order valence-electron chi connectivity index (χ0n) is 12.0. The van der Waals surface area contributed by atoms with Gasteiger partial charge in [-0.1, -0.05) is 0 Å².